The molecule has 0 N–H and O–H groups in total. The van der Waals surface area contributed by atoms with Crippen LogP contribution in [0.2, 0.25) is 0 Å². The Morgan fingerprint density at radius 3 is 2.16 bits per heavy atom. The summed E-state index contributed by atoms with van der Waals surface area (Å²) in [6.07, 6.45) is 1.74. The van der Waals surface area contributed by atoms with Crippen molar-refractivity contribution in [2.75, 3.05) is 34.5 Å². The number of hydrogen-bond donors (Lipinski definition) is 0. The average Bonchev–Trinajstić information content (AvgIpc) is 3.40. The second-order valence-electron chi connectivity index (χ2n) is 10.8. The number of allylic oxidation sites excluding steroid dienone is 1. The fourth-order valence-corrected chi connectivity index (χ4v) is 7.55. The van der Waals surface area contributed by atoms with Gasteiger partial charge in [0.25, 0.3) is 5.56 Å². The van der Waals surface area contributed by atoms with E-state index in [1.54, 1.807) is 69.3 Å². The highest BCUT2D eigenvalue weighted by Crippen LogP contribution is 2.41. The number of carbonyl (C=O) groups excluding carboxylic acids is 2. The van der Waals surface area contributed by atoms with Gasteiger partial charge >= 0.3 is 11.9 Å². The summed E-state index contributed by atoms with van der Waals surface area (Å²) in [7, 11) is 4.57. The number of benzene rings is 3. The molecule has 262 valence electrons. The molecule has 0 unspecified atom stereocenters. The highest BCUT2D eigenvalue weighted by atomic mass is 79.9. The zero-order valence-electron chi connectivity index (χ0n) is 28.1. The van der Waals surface area contributed by atoms with E-state index >= 15 is 0 Å². The lowest BCUT2D eigenvalue weighted by Crippen LogP contribution is -2.40. The van der Waals surface area contributed by atoms with E-state index in [1.807, 2.05) is 6.07 Å². The molecule has 0 amide bonds. The molecule has 11 nitrogen and oxygen atoms in total. The molecule has 2 heterocycles. The molecule has 5 rings (SSSR count). The van der Waals surface area contributed by atoms with Crippen LogP contribution in [0.1, 0.15) is 53.9 Å². The van der Waals surface area contributed by atoms with Crippen LogP contribution in [0.4, 0.5) is 0 Å². The van der Waals surface area contributed by atoms with Gasteiger partial charge in [-0.25, -0.2) is 14.6 Å². The van der Waals surface area contributed by atoms with Crippen molar-refractivity contribution in [1.29, 1.82) is 0 Å². The van der Waals surface area contributed by atoms with E-state index in [9.17, 15) is 14.4 Å². The molecule has 1 aliphatic rings. The Hall–Kier alpha value is -4.40. The van der Waals surface area contributed by atoms with Gasteiger partial charge in [0.1, 0.15) is 6.61 Å². The molecule has 0 radical (unpaired) electrons. The van der Waals surface area contributed by atoms with Crippen LogP contribution in [-0.2, 0) is 20.9 Å². The quantitative estimate of drug-likeness (QED) is 0.156. The number of ether oxygens (including phenoxy) is 6. The number of halogens is 2. The largest absolute Gasteiger partial charge is 0.493 e. The number of methoxy groups -OCH3 is 3. The molecule has 0 fully saturated rings. The van der Waals surface area contributed by atoms with Crippen molar-refractivity contribution in [1.82, 2.24) is 4.57 Å². The van der Waals surface area contributed by atoms with Crippen LogP contribution in [0.25, 0.3) is 6.08 Å². The second kappa shape index (κ2) is 16.1. The first-order valence-electron chi connectivity index (χ1n) is 15.4. The van der Waals surface area contributed by atoms with Gasteiger partial charge in [-0.05, 0) is 95.9 Å². The maximum atomic E-state index is 14.2. The summed E-state index contributed by atoms with van der Waals surface area (Å²) in [5.74, 6) is 0.856. The molecule has 1 aliphatic heterocycles. The molecule has 0 saturated carbocycles. The SMILES string of the molecule is CCOC(=O)C1=C(C)N=c2s/c(=C\c3cc(Br)c(OCc4ccc(C(=O)OCC)cc4)c(OC)c3)c(=O)n2[C@H]1c1cc(OC)c(OC)cc1Br. The summed E-state index contributed by atoms with van der Waals surface area (Å²) in [6, 6.07) is 13.1. The lowest BCUT2D eigenvalue weighted by Gasteiger charge is -2.26. The van der Waals surface area contributed by atoms with Crippen LogP contribution in [0.15, 0.2) is 78.5 Å². The van der Waals surface area contributed by atoms with Crippen LogP contribution in [-0.4, -0.2) is 51.0 Å². The fraction of sp³-hybridized carbons (Fsp3) is 0.278. The monoisotopic (exact) mass is 828 g/mol. The molecule has 50 heavy (non-hydrogen) atoms. The van der Waals surface area contributed by atoms with Crippen molar-refractivity contribution >= 4 is 61.2 Å². The van der Waals surface area contributed by atoms with E-state index in [4.69, 9.17) is 28.4 Å². The topological polar surface area (TPSA) is 124 Å². The minimum atomic E-state index is -0.870. The van der Waals surface area contributed by atoms with Gasteiger partial charge in [-0.1, -0.05) is 39.4 Å². The van der Waals surface area contributed by atoms with Crippen LogP contribution in [0.5, 0.6) is 23.0 Å². The summed E-state index contributed by atoms with van der Waals surface area (Å²) in [5, 5.41) is 0. The summed E-state index contributed by atoms with van der Waals surface area (Å²) < 4.78 is 36.4. The third-order valence-electron chi connectivity index (χ3n) is 7.71. The summed E-state index contributed by atoms with van der Waals surface area (Å²) in [4.78, 5) is 44.7. The van der Waals surface area contributed by atoms with Gasteiger partial charge in [-0.15, -0.1) is 0 Å². The molecule has 14 heteroatoms. The van der Waals surface area contributed by atoms with Crippen LogP contribution in [0.3, 0.4) is 0 Å². The van der Waals surface area contributed by atoms with Gasteiger partial charge in [0.05, 0.1) is 66.4 Å². The highest BCUT2D eigenvalue weighted by Gasteiger charge is 2.35. The van der Waals surface area contributed by atoms with Crippen molar-refractivity contribution in [3.05, 3.63) is 111 Å². The number of rotatable bonds is 12. The zero-order valence-corrected chi connectivity index (χ0v) is 32.1. The van der Waals surface area contributed by atoms with E-state index in [0.717, 1.165) is 5.56 Å². The van der Waals surface area contributed by atoms with Crippen molar-refractivity contribution in [2.24, 2.45) is 4.99 Å². The van der Waals surface area contributed by atoms with Gasteiger partial charge < -0.3 is 28.4 Å². The lowest BCUT2D eigenvalue weighted by atomic mass is 9.95. The van der Waals surface area contributed by atoms with Crippen molar-refractivity contribution in [3.8, 4) is 23.0 Å². The Morgan fingerprint density at radius 2 is 1.52 bits per heavy atom. The molecule has 3 aromatic carbocycles. The Morgan fingerprint density at radius 1 is 0.880 bits per heavy atom. The summed E-state index contributed by atoms with van der Waals surface area (Å²) >= 11 is 8.42. The van der Waals surface area contributed by atoms with Gasteiger partial charge in [-0.2, -0.15) is 0 Å². The predicted molar refractivity (Wildman–Crippen MR) is 195 cm³/mol. The molecule has 1 aromatic heterocycles. The highest BCUT2D eigenvalue weighted by molar-refractivity contribution is 9.10. The minimum absolute atomic E-state index is 0.151. The Kier molecular flexibility index (Phi) is 11.9. The van der Waals surface area contributed by atoms with Crippen molar-refractivity contribution in [2.45, 2.75) is 33.4 Å². The van der Waals surface area contributed by atoms with Gasteiger partial charge in [0.2, 0.25) is 0 Å². The molecule has 1 atom stereocenters. The molecule has 0 aliphatic carbocycles. The lowest BCUT2D eigenvalue weighted by molar-refractivity contribution is -0.139. The second-order valence-corrected chi connectivity index (χ2v) is 13.5. The summed E-state index contributed by atoms with van der Waals surface area (Å²) in [6.45, 7) is 5.86. The van der Waals surface area contributed by atoms with E-state index in [1.165, 1.54) is 37.2 Å². The van der Waals surface area contributed by atoms with E-state index in [-0.39, 0.29) is 30.3 Å². The van der Waals surface area contributed by atoms with Gasteiger partial charge in [0, 0.05) is 4.47 Å². The van der Waals surface area contributed by atoms with E-state index in [2.05, 4.69) is 36.9 Å². The van der Waals surface area contributed by atoms with Crippen LogP contribution < -0.4 is 33.8 Å². The number of aromatic nitrogens is 1. The average molecular weight is 831 g/mol. The molecule has 0 bridgehead atoms. The number of thiazole rings is 1. The van der Waals surface area contributed by atoms with Crippen LogP contribution in [0, 0.1) is 0 Å². The Bertz CT molecular complexity index is 2160. The van der Waals surface area contributed by atoms with E-state index in [0.29, 0.717) is 70.3 Å². The summed E-state index contributed by atoms with van der Waals surface area (Å²) in [5.41, 5.74) is 2.87. The Balaban J connectivity index is 1.54. The first-order valence-corrected chi connectivity index (χ1v) is 17.8. The Labute approximate surface area is 309 Å². The third-order valence-corrected chi connectivity index (χ3v) is 9.97. The third kappa shape index (κ3) is 7.52. The molecular formula is C36H34Br2N2O9S. The van der Waals surface area contributed by atoms with Gasteiger partial charge in [0.15, 0.2) is 27.8 Å². The number of hydrogen-bond acceptors (Lipinski definition) is 11. The van der Waals surface area contributed by atoms with Crippen LogP contribution >= 0.6 is 43.2 Å². The first-order chi connectivity index (χ1) is 24.0. The molecular weight excluding hydrogens is 796 g/mol. The molecule has 4 aromatic rings. The zero-order chi connectivity index (χ0) is 36.1. The van der Waals surface area contributed by atoms with Crippen molar-refractivity contribution in [3.63, 3.8) is 0 Å². The number of esters is 2. The smallest absolute Gasteiger partial charge is 0.338 e. The van der Waals surface area contributed by atoms with Crippen molar-refractivity contribution < 1.29 is 38.0 Å². The van der Waals surface area contributed by atoms with E-state index < -0.39 is 12.0 Å². The fourth-order valence-electron chi connectivity index (χ4n) is 5.39. The molecule has 0 saturated heterocycles. The van der Waals surface area contributed by atoms with Gasteiger partial charge in [-0.3, -0.25) is 9.36 Å². The first kappa shape index (κ1) is 36.9. The number of nitrogens with zero attached hydrogens (tertiary/aromatic N) is 2. The molecule has 0 spiro atoms. The predicted octanol–water partition coefficient (Wildman–Crippen LogP) is 6.10. The maximum Gasteiger partial charge on any atom is 0.338 e. The number of carbonyl (C=O) groups is 2. The standard InChI is InChI=1S/C36H34Br2N2O9S/c1-7-47-34(42)22-11-9-20(10-12-22)18-49-32-25(38)13-21(14-28(32)46-6)15-29-33(41)40-31(23-16-26(44-4)27(45-5)17-24(23)37)30(35(43)48-8-2)19(3)39-36(40)50-29/h9-17,31H,7-8,18H2,1-6H3/b29-15-/t31-/m0/s1. The number of fused-ring (bicyclic) bond motifs is 1. The normalized spacial score (nSPS) is 14.1. The minimum Gasteiger partial charge on any atom is -0.493 e. The maximum absolute atomic E-state index is 14.2.